The van der Waals surface area contributed by atoms with Gasteiger partial charge in [0, 0.05) is 31.6 Å². The van der Waals surface area contributed by atoms with Crippen LogP contribution in [0.3, 0.4) is 0 Å². The Morgan fingerprint density at radius 1 is 1.48 bits per heavy atom. The van der Waals surface area contributed by atoms with Crippen molar-refractivity contribution < 1.29 is 14.3 Å². The second-order valence-electron chi connectivity index (χ2n) is 5.36. The lowest BCUT2D eigenvalue weighted by atomic mass is 10.1. The molecule has 5 heteroatoms. The number of carbonyl (C=O) groups excluding carboxylic acids is 1. The molecular weight excluding hydrogens is 268 g/mol. The van der Waals surface area contributed by atoms with Gasteiger partial charge in [0.15, 0.2) is 0 Å². The number of nitrogen functional groups attached to an aromatic ring is 1. The van der Waals surface area contributed by atoms with Gasteiger partial charge >= 0.3 is 5.97 Å². The second-order valence-corrected chi connectivity index (χ2v) is 5.36. The van der Waals surface area contributed by atoms with E-state index < -0.39 is 0 Å². The van der Waals surface area contributed by atoms with Gasteiger partial charge in [-0.05, 0) is 44.4 Å². The molecule has 1 heterocycles. The summed E-state index contributed by atoms with van der Waals surface area (Å²) in [6, 6.07) is 5.46. The molecule has 1 aliphatic heterocycles. The fourth-order valence-corrected chi connectivity index (χ4v) is 2.53. The van der Waals surface area contributed by atoms with Crippen LogP contribution in [0.4, 0.5) is 11.4 Å². The van der Waals surface area contributed by atoms with Crippen molar-refractivity contribution in [1.29, 1.82) is 0 Å². The third-order valence-corrected chi connectivity index (χ3v) is 3.72. The lowest BCUT2D eigenvalue weighted by Gasteiger charge is -2.29. The summed E-state index contributed by atoms with van der Waals surface area (Å²) in [5.74, 6) is -0.376. The molecule has 0 aromatic heterocycles. The van der Waals surface area contributed by atoms with E-state index in [1.165, 1.54) is 6.42 Å². The maximum Gasteiger partial charge on any atom is 0.340 e. The van der Waals surface area contributed by atoms with Gasteiger partial charge in [-0.15, -0.1) is 0 Å². The lowest BCUT2D eigenvalue weighted by molar-refractivity contribution is 0.0216. The molecule has 21 heavy (non-hydrogen) atoms. The number of esters is 1. The molecule has 5 nitrogen and oxygen atoms in total. The predicted molar refractivity (Wildman–Crippen MR) is 83.7 cm³/mol. The number of nitrogens with zero attached hydrogens (tertiary/aromatic N) is 1. The summed E-state index contributed by atoms with van der Waals surface area (Å²) >= 11 is 0. The summed E-state index contributed by atoms with van der Waals surface area (Å²) in [6.45, 7) is 3.78. The molecule has 116 valence electrons. The molecule has 0 bridgehead atoms. The zero-order valence-electron chi connectivity index (χ0n) is 12.8. The predicted octanol–water partition coefficient (Wildman–Crippen LogP) is 2.45. The van der Waals surface area contributed by atoms with Crippen LogP contribution in [-0.4, -0.2) is 38.9 Å². The van der Waals surface area contributed by atoms with E-state index in [-0.39, 0.29) is 12.1 Å². The molecule has 0 radical (unpaired) electrons. The molecule has 0 aliphatic carbocycles. The van der Waals surface area contributed by atoms with Crippen molar-refractivity contribution in [3.63, 3.8) is 0 Å². The fourth-order valence-electron chi connectivity index (χ4n) is 2.53. The monoisotopic (exact) mass is 292 g/mol. The number of nitrogens with two attached hydrogens (primary N) is 1. The Morgan fingerprint density at radius 2 is 2.29 bits per heavy atom. The number of anilines is 2. The maximum absolute atomic E-state index is 11.9. The second kappa shape index (κ2) is 7.31. The highest BCUT2D eigenvalue weighted by Crippen LogP contribution is 2.23. The zero-order chi connectivity index (χ0) is 15.2. The molecule has 0 amide bonds. The fraction of sp³-hybridized carbons (Fsp3) is 0.562. The van der Waals surface area contributed by atoms with Crippen molar-refractivity contribution in [3.05, 3.63) is 23.8 Å². The summed E-state index contributed by atoms with van der Waals surface area (Å²) < 4.78 is 10.8. The van der Waals surface area contributed by atoms with E-state index >= 15 is 0 Å². The van der Waals surface area contributed by atoms with Gasteiger partial charge < -0.3 is 20.1 Å². The van der Waals surface area contributed by atoms with Gasteiger partial charge in [-0.3, -0.25) is 0 Å². The van der Waals surface area contributed by atoms with Crippen molar-refractivity contribution in [2.45, 2.75) is 32.3 Å². The Labute approximate surface area is 126 Å². The SMILES string of the molecule is CCOC(=O)c1cc(N(C)CC2CCCCO2)ccc1N. The van der Waals surface area contributed by atoms with Crippen LogP contribution in [0.15, 0.2) is 18.2 Å². The molecule has 1 aromatic carbocycles. The summed E-state index contributed by atoms with van der Waals surface area (Å²) in [5.41, 5.74) is 7.67. The highest BCUT2D eigenvalue weighted by atomic mass is 16.5. The minimum atomic E-state index is -0.376. The van der Waals surface area contributed by atoms with Crippen LogP contribution in [-0.2, 0) is 9.47 Å². The molecule has 1 atom stereocenters. The van der Waals surface area contributed by atoms with E-state index in [2.05, 4.69) is 4.90 Å². The molecule has 1 saturated heterocycles. The van der Waals surface area contributed by atoms with Crippen molar-refractivity contribution in [2.24, 2.45) is 0 Å². The largest absolute Gasteiger partial charge is 0.462 e. The third-order valence-electron chi connectivity index (χ3n) is 3.72. The van der Waals surface area contributed by atoms with Gasteiger partial charge in [-0.25, -0.2) is 4.79 Å². The first kappa shape index (κ1) is 15.6. The van der Waals surface area contributed by atoms with Gasteiger partial charge in [0.05, 0.1) is 18.3 Å². The van der Waals surface area contributed by atoms with E-state index in [4.69, 9.17) is 15.2 Å². The summed E-state index contributed by atoms with van der Waals surface area (Å²) in [5, 5.41) is 0. The highest BCUT2D eigenvalue weighted by Gasteiger charge is 2.18. The summed E-state index contributed by atoms with van der Waals surface area (Å²) in [6.07, 6.45) is 3.71. The average Bonchev–Trinajstić information content (AvgIpc) is 2.48. The molecule has 1 aliphatic rings. The first-order chi connectivity index (χ1) is 10.1. The molecule has 0 saturated carbocycles. The van der Waals surface area contributed by atoms with Gasteiger partial charge in [-0.2, -0.15) is 0 Å². The van der Waals surface area contributed by atoms with Gasteiger partial charge in [0.25, 0.3) is 0 Å². The Balaban J connectivity index is 2.08. The van der Waals surface area contributed by atoms with Gasteiger partial charge in [0.2, 0.25) is 0 Å². The van der Waals surface area contributed by atoms with E-state index in [1.807, 2.05) is 13.1 Å². The first-order valence-electron chi connectivity index (χ1n) is 7.51. The van der Waals surface area contributed by atoms with Crippen molar-refractivity contribution in [3.8, 4) is 0 Å². The van der Waals surface area contributed by atoms with Gasteiger partial charge in [-0.1, -0.05) is 0 Å². The number of rotatable bonds is 5. The number of ether oxygens (including phenoxy) is 2. The van der Waals surface area contributed by atoms with Crippen LogP contribution in [0.1, 0.15) is 36.5 Å². The maximum atomic E-state index is 11.9. The first-order valence-corrected chi connectivity index (χ1v) is 7.51. The molecule has 0 spiro atoms. The Kier molecular flexibility index (Phi) is 5.44. The van der Waals surface area contributed by atoms with Crippen LogP contribution >= 0.6 is 0 Å². The quantitative estimate of drug-likeness (QED) is 0.667. The van der Waals surface area contributed by atoms with E-state index in [0.29, 0.717) is 17.9 Å². The smallest absolute Gasteiger partial charge is 0.340 e. The lowest BCUT2D eigenvalue weighted by Crippen LogP contribution is -2.33. The Bertz CT molecular complexity index is 484. The molecule has 1 unspecified atom stereocenters. The molecule has 1 aromatic rings. The van der Waals surface area contributed by atoms with Crippen molar-refractivity contribution in [2.75, 3.05) is 37.4 Å². The van der Waals surface area contributed by atoms with E-state index in [0.717, 1.165) is 31.7 Å². The normalized spacial score (nSPS) is 18.3. The van der Waals surface area contributed by atoms with Crippen LogP contribution in [0, 0.1) is 0 Å². The van der Waals surface area contributed by atoms with Crippen LogP contribution in [0.2, 0.25) is 0 Å². The molecule has 2 rings (SSSR count). The summed E-state index contributed by atoms with van der Waals surface area (Å²) in [7, 11) is 2.00. The van der Waals surface area contributed by atoms with Gasteiger partial charge in [0.1, 0.15) is 0 Å². The van der Waals surface area contributed by atoms with Crippen molar-refractivity contribution in [1.82, 2.24) is 0 Å². The van der Waals surface area contributed by atoms with E-state index in [1.54, 1.807) is 19.1 Å². The minimum absolute atomic E-state index is 0.257. The molecule has 2 N–H and O–H groups in total. The number of hydrogen-bond acceptors (Lipinski definition) is 5. The van der Waals surface area contributed by atoms with Crippen LogP contribution in [0.5, 0.6) is 0 Å². The minimum Gasteiger partial charge on any atom is -0.462 e. The zero-order valence-corrected chi connectivity index (χ0v) is 12.8. The van der Waals surface area contributed by atoms with Crippen LogP contribution in [0.25, 0.3) is 0 Å². The standard InChI is InChI=1S/C16H24N2O3/c1-3-20-16(19)14-10-12(7-8-15(14)17)18(2)11-13-6-4-5-9-21-13/h7-8,10,13H,3-6,9,11,17H2,1-2H3. The third kappa shape index (κ3) is 4.11. The molecule has 1 fully saturated rings. The molecular formula is C16H24N2O3. The van der Waals surface area contributed by atoms with E-state index in [9.17, 15) is 4.79 Å². The Morgan fingerprint density at radius 3 is 2.95 bits per heavy atom. The highest BCUT2D eigenvalue weighted by molar-refractivity contribution is 5.96. The number of carbonyl (C=O) groups is 1. The topological polar surface area (TPSA) is 64.8 Å². The van der Waals surface area contributed by atoms with Crippen molar-refractivity contribution >= 4 is 17.3 Å². The summed E-state index contributed by atoms with van der Waals surface area (Å²) in [4.78, 5) is 14.0. The Hall–Kier alpha value is -1.75. The number of benzene rings is 1. The van der Waals surface area contributed by atoms with Crippen LogP contribution < -0.4 is 10.6 Å². The average molecular weight is 292 g/mol. The number of likely N-dealkylation sites (N-methyl/N-ethyl adjacent to an activating group) is 1. The number of hydrogen-bond donors (Lipinski definition) is 1.